The minimum absolute atomic E-state index is 0.124. The zero-order chi connectivity index (χ0) is 15.2. The molecule has 0 aliphatic rings. The van der Waals surface area contributed by atoms with Crippen LogP contribution in [-0.2, 0) is 0 Å². The molecule has 2 aromatic rings. The van der Waals surface area contributed by atoms with Gasteiger partial charge in [-0.1, -0.05) is 12.1 Å². The molecule has 21 heavy (non-hydrogen) atoms. The standard InChI is InChI=1S/C16H15BrN2O2/c1-2-18-15(20)11-7-9-12(10-8-11)19-16(21)13-5-3-4-6-14(13)17/h3-10H,2H2,1H3,(H,18,20)(H,19,21). The highest BCUT2D eigenvalue weighted by Gasteiger charge is 2.10. The van der Waals surface area contributed by atoms with Gasteiger partial charge in [0.1, 0.15) is 0 Å². The predicted octanol–water partition coefficient (Wildman–Crippen LogP) is 3.45. The van der Waals surface area contributed by atoms with E-state index < -0.39 is 0 Å². The van der Waals surface area contributed by atoms with Gasteiger partial charge < -0.3 is 10.6 Å². The fraction of sp³-hybridized carbons (Fsp3) is 0.125. The monoisotopic (exact) mass is 346 g/mol. The smallest absolute Gasteiger partial charge is 0.256 e. The summed E-state index contributed by atoms with van der Waals surface area (Å²) < 4.78 is 0.737. The van der Waals surface area contributed by atoms with E-state index in [1.54, 1.807) is 36.4 Å². The van der Waals surface area contributed by atoms with Crippen molar-refractivity contribution >= 4 is 33.4 Å². The summed E-state index contributed by atoms with van der Waals surface area (Å²) in [5.74, 6) is -0.325. The quantitative estimate of drug-likeness (QED) is 0.890. The van der Waals surface area contributed by atoms with Gasteiger partial charge in [-0.15, -0.1) is 0 Å². The molecule has 0 atom stereocenters. The first-order valence-electron chi connectivity index (χ1n) is 6.56. The molecule has 5 heteroatoms. The second kappa shape index (κ2) is 7.04. The van der Waals surface area contributed by atoms with Crippen molar-refractivity contribution in [3.8, 4) is 0 Å². The number of rotatable bonds is 4. The van der Waals surface area contributed by atoms with Gasteiger partial charge in [0.25, 0.3) is 11.8 Å². The third-order valence-corrected chi connectivity index (χ3v) is 3.55. The Morgan fingerprint density at radius 1 is 1.00 bits per heavy atom. The first kappa shape index (κ1) is 15.3. The maximum Gasteiger partial charge on any atom is 0.256 e. The second-order valence-corrected chi connectivity index (χ2v) is 5.23. The Bertz CT molecular complexity index is 654. The van der Waals surface area contributed by atoms with Gasteiger partial charge in [-0.05, 0) is 59.3 Å². The zero-order valence-corrected chi connectivity index (χ0v) is 13.1. The first-order valence-corrected chi connectivity index (χ1v) is 7.35. The van der Waals surface area contributed by atoms with Crippen molar-refractivity contribution in [3.05, 3.63) is 64.1 Å². The van der Waals surface area contributed by atoms with E-state index in [1.807, 2.05) is 19.1 Å². The third kappa shape index (κ3) is 3.92. The average Bonchev–Trinajstić information content (AvgIpc) is 2.48. The molecule has 0 radical (unpaired) electrons. The Morgan fingerprint density at radius 2 is 1.67 bits per heavy atom. The number of hydrogen-bond donors (Lipinski definition) is 2. The molecule has 0 aliphatic carbocycles. The topological polar surface area (TPSA) is 58.2 Å². The SMILES string of the molecule is CCNC(=O)c1ccc(NC(=O)c2ccccc2Br)cc1. The second-order valence-electron chi connectivity index (χ2n) is 4.37. The molecule has 2 aromatic carbocycles. The van der Waals surface area contributed by atoms with Gasteiger partial charge >= 0.3 is 0 Å². The largest absolute Gasteiger partial charge is 0.352 e. The fourth-order valence-electron chi connectivity index (χ4n) is 1.81. The van der Waals surface area contributed by atoms with Gasteiger partial charge in [0.15, 0.2) is 0 Å². The summed E-state index contributed by atoms with van der Waals surface area (Å²) in [5.41, 5.74) is 1.77. The number of amides is 2. The van der Waals surface area contributed by atoms with Crippen molar-refractivity contribution in [3.63, 3.8) is 0 Å². The Kier molecular flexibility index (Phi) is 5.11. The number of carbonyl (C=O) groups is 2. The van der Waals surface area contributed by atoms with Crippen LogP contribution in [0.25, 0.3) is 0 Å². The van der Waals surface area contributed by atoms with Crippen LogP contribution in [0.15, 0.2) is 53.0 Å². The number of anilines is 1. The Morgan fingerprint density at radius 3 is 2.29 bits per heavy atom. The van der Waals surface area contributed by atoms with Gasteiger partial charge in [-0.25, -0.2) is 0 Å². The summed E-state index contributed by atoms with van der Waals surface area (Å²) in [6.07, 6.45) is 0. The lowest BCUT2D eigenvalue weighted by Gasteiger charge is -2.08. The van der Waals surface area contributed by atoms with E-state index in [0.717, 1.165) is 4.47 Å². The number of carbonyl (C=O) groups excluding carboxylic acids is 2. The Hall–Kier alpha value is -2.14. The first-order chi connectivity index (χ1) is 10.1. The van der Waals surface area contributed by atoms with E-state index >= 15 is 0 Å². The molecular formula is C16H15BrN2O2. The van der Waals surface area contributed by atoms with Crippen LogP contribution in [0.1, 0.15) is 27.6 Å². The summed E-state index contributed by atoms with van der Waals surface area (Å²) in [7, 11) is 0. The van der Waals surface area contributed by atoms with Crippen LogP contribution in [0.5, 0.6) is 0 Å². The van der Waals surface area contributed by atoms with E-state index in [0.29, 0.717) is 23.4 Å². The van der Waals surface area contributed by atoms with Gasteiger partial charge in [-0.2, -0.15) is 0 Å². The molecular weight excluding hydrogens is 332 g/mol. The van der Waals surface area contributed by atoms with Crippen LogP contribution in [0, 0.1) is 0 Å². The predicted molar refractivity (Wildman–Crippen MR) is 86.5 cm³/mol. The highest BCUT2D eigenvalue weighted by molar-refractivity contribution is 9.10. The molecule has 0 aliphatic heterocycles. The molecule has 2 N–H and O–H groups in total. The molecule has 0 spiro atoms. The molecule has 108 valence electrons. The van der Waals surface area contributed by atoms with Crippen LogP contribution < -0.4 is 10.6 Å². The average molecular weight is 347 g/mol. The van der Waals surface area contributed by atoms with Crippen LogP contribution in [-0.4, -0.2) is 18.4 Å². The highest BCUT2D eigenvalue weighted by Crippen LogP contribution is 2.18. The van der Waals surface area contributed by atoms with Crippen molar-refractivity contribution in [1.82, 2.24) is 5.32 Å². The molecule has 0 aromatic heterocycles. The lowest BCUT2D eigenvalue weighted by atomic mass is 10.1. The molecule has 0 heterocycles. The third-order valence-electron chi connectivity index (χ3n) is 2.86. The normalized spacial score (nSPS) is 10.0. The van der Waals surface area contributed by atoms with Gasteiger partial charge in [-0.3, -0.25) is 9.59 Å². The van der Waals surface area contributed by atoms with E-state index in [2.05, 4.69) is 26.6 Å². The van der Waals surface area contributed by atoms with E-state index in [1.165, 1.54) is 0 Å². The van der Waals surface area contributed by atoms with Crippen molar-refractivity contribution in [2.45, 2.75) is 6.92 Å². The van der Waals surface area contributed by atoms with Crippen molar-refractivity contribution in [2.24, 2.45) is 0 Å². The number of halogens is 1. The van der Waals surface area contributed by atoms with Crippen LogP contribution >= 0.6 is 15.9 Å². The van der Waals surface area contributed by atoms with Crippen LogP contribution in [0.3, 0.4) is 0 Å². The lowest BCUT2D eigenvalue weighted by molar-refractivity contribution is 0.0955. The van der Waals surface area contributed by atoms with E-state index in [9.17, 15) is 9.59 Å². The van der Waals surface area contributed by atoms with Crippen molar-refractivity contribution < 1.29 is 9.59 Å². The minimum Gasteiger partial charge on any atom is -0.352 e. The highest BCUT2D eigenvalue weighted by atomic mass is 79.9. The van der Waals surface area contributed by atoms with Gasteiger partial charge in [0.05, 0.1) is 5.56 Å². The molecule has 2 amide bonds. The summed E-state index contributed by atoms with van der Waals surface area (Å²) in [5, 5.41) is 5.52. The minimum atomic E-state index is -0.201. The summed E-state index contributed by atoms with van der Waals surface area (Å²) in [4.78, 5) is 23.8. The van der Waals surface area contributed by atoms with Gasteiger partial charge in [0, 0.05) is 22.3 Å². The number of benzene rings is 2. The van der Waals surface area contributed by atoms with Crippen LogP contribution in [0.2, 0.25) is 0 Å². The molecule has 0 saturated carbocycles. The maximum absolute atomic E-state index is 12.1. The summed E-state index contributed by atoms with van der Waals surface area (Å²) in [6, 6.07) is 14.0. The van der Waals surface area contributed by atoms with E-state index in [4.69, 9.17) is 0 Å². The van der Waals surface area contributed by atoms with Crippen molar-refractivity contribution in [1.29, 1.82) is 0 Å². The summed E-state index contributed by atoms with van der Waals surface area (Å²) in [6.45, 7) is 2.45. The van der Waals surface area contributed by atoms with E-state index in [-0.39, 0.29) is 11.8 Å². The Balaban J connectivity index is 2.09. The van der Waals surface area contributed by atoms with Crippen LogP contribution in [0.4, 0.5) is 5.69 Å². The number of nitrogens with one attached hydrogen (secondary N) is 2. The number of hydrogen-bond acceptors (Lipinski definition) is 2. The zero-order valence-electron chi connectivity index (χ0n) is 11.5. The molecule has 0 unspecified atom stereocenters. The Labute approximate surface area is 131 Å². The fourth-order valence-corrected chi connectivity index (χ4v) is 2.28. The van der Waals surface area contributed by atoms with Crippen molar-refractivity contribution in [2.75, 3.05) is 11.9 Å². The molecule has 4 nitrogen and oxygen atoms in total. The summed E-state index contributed by atoms with van der Waals surface area (Å²) >= 11 is 3.34. The van der Waals surface area contributed by atoms with Gasteiger partial charge in [0.2, 0.25) is 0 Å². The molecule has 2 rings (SSSR count). The molecule has 0 fully saturated rings. The molecule has 0 bridgehead atoms. The maximum atomic E-state index is 12.1. The lowest BCUT2D eigenvalue weighted by Crippen LogP contribution is -2.22. The molecule has 0 saturated heterocycles.